The Labute approximate surface area is 177 Å². The van der Waals surface area contributed by atoms with Crippen molar-refractivity contribution in [2.75, 3.05) is 7.11 Å². The van der Waals surface area contributed by atoms with Gasteiger partial charge in [-0.15, -0.1) is 0 Å². The van der Waals surface area contributed by atoms with Crippen LogP contribution in [0.3, 0.4) is 0 Å². The van der Waals surface area contributed by atoms with Crippen LogP contribution in [0.15, 0.2) is 11.6 Å². The average molecular weight is 417 g/mol. The molecule has 5 rings (SSSR count). The molecular weight excluding hydrogens is 384 g/mol. The van der Waals surface area contributed by atoms with Crippen molar-refractivity contribution in [2.45, 2.75) is 76.9 Å². The van der Waals surface area contributed by atoms with Gasteiger partial charge in [0.05, 0.1) is 19.1 Å². The van der Waals surface area contributed by atoms with Gasteiger partial charge in [-0.25, -0.2) is 0 Å². The van der Waals surface area contributed by atoms with Crippen molar-refractivity contribution in [1.29, 1.82) is 0 Å². The first-order valence-corrected chi connectivity index (χ1v) is 11.4. The third kappa shape index (κ3) is 2.43. The number of carbonyl (C=O) groups excluding carboxylic acids is 3. The van der Waals surface area contributed by atoms with Crippen molar-refractivity contribution in [3.05, 3.63) is 11.6 Å². The normalized spacial score (nSPS) is 49.7. The lowest BCUT2D eigenvalue weighted by Crippen LogP contribution is -2.62. The number of esters is 2. The van der Waals surface area contributed by atoms with Gasteiger partial charge in [0, 0.05) is 18.3 Å². The Morgan fingerprint density at radius 2 is 1.97 bits per heavy atom. The fourth-order valence-corrected chi connectivity index (χ4v) is 8.35. The third-order valence-electron chi connectivity index (χ3n) is 9.79. The van der Waals surface area contributed by atoms with Gasteiger partial charge < -0.3 is 14.6 Å². The molecule has 1 spiro atoms. The van der Waals surface area contributed by atoms with Gasteiger partial charge in [0.15, 0.2) is 5.78 Å². The summed E-state index contributed by atoms with van der Waals surface area (Å²) in [6, 6.07) is 0. The van der Waals surface area contributed by atoms with Crippen LogP contribution in [0.4, 0.5) is 0 Å². The summed E-state index contributed by atoms with van der Waals surface area (Å²) in [4.78, 5) is 37.2. The quantitative estimate of drug-likeness (QED) is 0.661. The fraction of sp³-hybridized carbons (Fsp3) is 0.792. The van der Waals surface area contributed by atoms with Crippen LogP contribution >= 0.6 is 0 Å². The number of hydrogen-bond acceptors (Lipinski definition) is 6. The Bertz CT molecular complexity index is 847. The summed E-state index contributed by atoms with van der Waals surface area (Å²) >= 11 is 0. The summed E-state index contributed by atoms with van der Waals surface area (Å²) < 4.78 is 11.2. The van der Waals surface area contributed by atoms with Gasteiger partial charge in [-0.1, -0.05) is 19.4 Å². The van der Waals surface area contributed by atoms with Crippen molar-refractivity contribution in [3.63, 3.8) is 0 Å². The SMILES string of the molecule is COC(=O)[C@@H]1CC2=CC(=O)CCC2(C)C2C(O)CC3(C)C(CC[C@@]34CCC(=O)O4)C21. The first kappa shape index (κ1) is 20.2. The number of aliphatic hydroxyl groups excluding tert-OH is 1. The Balaban J connectivity index is 1.62. The maximum absolute atomic E-state index is 12.9. The number of allylic oxidation sites excluding steroid dienone is 1. The van der Waals surface area contributed by atoms with E-state index in [0.717, 1.165) is 18.4 Å². The Hall–Kier alpha value is -1.69. The molecule has 6 unspecified atom stereocenters. The third-order valence-corrected chi connectivity index (χ3v) is 9.79. The molecule has 4 fully saturated rings. The van der Waals surface area contributed by atoms with Crippen LogP contribution in [0.1, 0.15) is 65.2 Å². The molecule has 6 nitrogen and oxygen atoms in total. The van der Waals surface area contributed by atoms with Gasteiger partial charge in [-0.05, 0) is 67.8 Å². The second-order valence-electron chi connectivity index (χ2n) is 10.8. The second-order valence-corrected chi connectivity index (χ2v) is 10.8. The number of ether oxygens (including phenoxy) is 2. The van der Waals surface area contributed by atoms with Gasteiger partial charge in [-0.2, -0.15) is 0 Å². The molecule has 0 amide bonds. The van der Waals surface area contributed by atoms with Gasteiger partial charge in [-0.3, -0.25) is 14.4 Å². The lowest BCUT2D eigenvalue weighted by molar-refractivity contribution is -0.197. The van der Waals surface area contributed by atoms with E-state index >= 15 is 0 Å². The van der Waals surface area contributed by atoms with E-state index in [2.05, 4.69) is 13.8 Å². The maximum Gasteiger partial charge on any atom is 0.309 e. The minimum Gasteiger partial charge on any atom is -0.469 e. The minimum absolute atomic E-state index is 0.0415. The smallest absolute Gasteiger partial charge is 0.309 e. The zero-order valence-electron chi connectivity index (χ0n) is 18.1. The van der Waals surface area contributed by atoms with Crippen molar-refractivity contribution < 1.29 is 29.0 Å². The number of fused-ring (bicyclic) bond motifs is 6. The molecule has 1 saturated heterocycles. The van der Waals surface area contributed by atoms with Crippen molar-refractivity contribution in [1.82, 2.24) is 0 Å². The topological polar surface area (TPSA) is 89.9 Å². The highest BCUT2D eigenvalue weighted by Gasteiger charge is 2.71. The van der Waals surface area contributed by atoms with E-state index in [1.165, 1.54) is 7.11 Å². The van der Waals surface area contributed by atoms with Gasteiger partial charge in [0.2, 0.25) is 0 Å². The highest BCUT2D eigenvalue weighted by Crippen LogP contribution is 2.70. The van der Waals surface area contributed by atoms with Gasteiger partial charge in [0.1, 0.15) is 5.60 Å². The lowest BCUT2D eigenvalue weighted by atomic mass is 9.43. The number of methoxy groups -OCH3 is 1. The molecule has 0 aromatic rings. The van der Waals surface area contributed by atoms with E-state index in [-0.39, 0.29) is 52.2 Å². The first-order valence-electron chi connectivity index (χ1n) is 11.4. The molecule has 0 radical (unpaired) electrons. The highest BCUT2D eigenvalue weighted by molar-refractivity contribution is 5.92. The molecule has 1 heterocycles. The maximum atomic E-state index is 12.9. The molecule has 0 aromatic heterocycles. The monoisotopic (exact) mass is 416 g/mol. The predicted molar refractivity (Wildman–Crippen MR) is 107 cm³/mol. The van der Waals surface area contributed by atoms with E-state index in [9.17, 15) is 19.5 Å². The van der Waals surface area contributed by atoms with E-state index < -0.39 is 11.7 Å². The van der Waals surface area contributed by atoms with E-state index in [1.807, 2.05) is 0 Å². The van der Waals surface area contributed by atoms with E-state index in [1.54, 1.807) is 6.08 Å². The number of aliphatic hydroxyl groups is 1. The number of carbonyl (C=O) groups is 3. The summed E-state index contributed by atoms with van der Waals surface area (Å²) in [5.41, 5.74) is -0.168. The van der Waals surface area contributed by atoms with Crippen LogP contribution in [0.25, 0.3) is 0 Å². The van der Waals surface area contributed by atoms with Crippen LogP contribution in [0.5, 0.6) is 0 Å². The summed E-state index contributed by atoms with van der Waals surface area (Å²) in [6.45, 7) is 4.33. The van der Waals surface area contributed by atoms with Crippen molar-refractivity contribution in [2.24, 2.45) is 34.5 Å². The molecule has 8 atom stereocenters. The number of hydrogen-bond donors (Lipinski definition) is 1. The van der Waals surface area contributed by atoms with Gasteiger partial charge in [0.25, 0.3) is 0 Å². The lowest BCUT2D eigenvalue weighted by Gasteiger charge is -2.62. The molecule has 3 saturated carbocycles. The molecule has 30 heavy (non-hydrogen) atoms. The molecule has 4 aliphatic carbocycles. The molecule has 6 heteroatoms. The fourth-order valence-electron chi connectivity index (χ4n) is 8.35. The van der Waals surface area contributed by atoms with Crippen LogP contribution in [-0.4, -0.2) is 41.6 Å². The summed E-state index contributed by atoms with van der Waals surface area (Å²) in [5, 5.41) is 11.6. The Morgan fingerprint density at radius 1 is 1.20 bits per heavy atom. The molecule has 0 aromatic carbocycles. The van der Waals surface area contributed by atoms with Crippen LogP contribution in [-0.2, 0) is 23.9 Å². The minimum atomic E-state index is -0.611. The second kappa shape index (κ2) is 6.41. The van der Waals surface area contributed by atoms with Crippen LogP contribution in [0, 0.1) is 34.5 Å². The highest BCUT2D eigenvalue weighted by atomic mass is 16.6. The number of ketones is 1. The molecular formula is C24H32O6. The summed E-state index contributed by atoms with van der Waals surface area (Å²) in [7, 11) is 1.42. The zero-order chi connectivity index (χ0) is 21.5. The zero-order valence-corrected chi connectivity index (χ0v) is 18.1. The van der Waals surface area contributed by atoms with E-state index in [4.69, 9.17) is 9.47 Å². The van der Waals surface area contributed by atoms with Crippen LogP contribution < -0.4 is 0 Å². The Morgan fingerprint density at radius 3 is 2.63 bits per heavy atom. The standard InChI is InChI=1S/C24H32O6/c1-22-7-4-14(25)10-13(22)11-15(21(28)29-3)19-16-5-8-24(9-6-18(27)30-24)23(16,2)12-17(26)20(19)22/h10,15-17,19-20,26H,4-9,11-12H2,1-3H3/t15-,16?,17?,19?,20?,22?,23?,24-/m1/s1. The Kier molecular flexibility index (Phi) is 4.32. The van der Waals surface area contributed by atoms with Crippen molar-refractivity contribution in [3.8, 4) is 0 Å². The van der Waals surface area contributed by atoms with Gasteiger partial charge >= 0.3 is 11.9 Å². The molecule has 5 aliphatic rings. The predicted octanol–water partition coefficient (Wildman–Crippen LogP) is 2.96. The first-order chi connectivity index (χ1) is 14.1. The summed E-state index contributed by atoms with van der Waals surface area (Å²) in [6.07, 6.45) is 6.21. The molecule has 0 bridgehead atoms. The van der Waals surface area contributed by atoms with E-state index in [0.29, 0.717) is 38.5 Å². The average Bonchev–Trinajstić information content (AvgIpc) is 3.21. The molecule has 1 N–H and O–H groups in total. The van der Waals surface area contributed by atoms with Crippen molar-refractivity contribution >= 4 is 17.7 Å². The summed E-state index contributed by atoms with van der Waals surface area (Å²) in [5.74, 6) is -0.636. The number of rotatable bonds is 1. The molecule has 164 valence electrons. The molecule has 1 aliphatic heterocycles. The van der Waals surface area contributed by atoms with Crippen LogP contribution in [0.2, 0.25) is 0 Å². The largest absolute Gasteiger partial charge is 0.469 e.